The van der Waals surface area contributed by atoms with Gasteiger partial charge in [0.1, 0.15) is 18.3 Å². The van der Waals surface area contributed by atoms with Crippen LogP contribution in [-0.4, -0.2) is 62.8 Å². The Morgan fingerprint density at radius 3 is 2.61 bits per heavy atom. The fourth-order valence-corrected chi connectivity index (χ4v) is 4.84. The van der Waals surface area contributed by atoms with E-state index >= 15 is 0 Å². The second kappa shape index (κ2) is 7.15. The maximum absolute atomic E-state index is 10.5. The molecule has 4 heterocycles. The molecule has 1 aromatic carbocycles. The Morgan fingerprint density at radius 1 is 1.10 bits per heavy atom. The molecule has 0 radical (unpaired) electrons. The Morgan fingerprint density at radius 2 is 1.87 bits per heavy atom. The van der Waals surface area contributed by atoms with Crippen molar-refractivity contribution in [1.82, 2.24) is 15.0 Å². The number of nitrogens with zero attached hydrogens (tertiary/aromatic N) is 2. The second-order valence-corrected chi connectivity index (χ2v) is 8.92. The quantitative estimate of drug-likeness (QED) is 0.568. The Hall–Kier alpha value is -2.23. The Bertz CT molecular complexity index is 1130. The molecule has 1 saturated carbocycles. The molecule has 2 aliphatic heterocycles. The molecule has 3 N–H and O–H groups in total. The lowest BCUT2D eigenvalue weighted by molar-refractivity contribution is -0.0387. The summed E-state index contributed by atoms with van der Waals surface area (Å²) >= 11 is 6.51. The van der Waals surface area contributed by atoms with E-state index in [-0.39, 0.29) is 24.9 Å². The Balaban J connectivity index is 1.26. The van der Waals surface area contributed by atoms with Gasteiger partial charge in [0.2, 0.25) is 0 Å². The van der Waals surface area contributed by atoms with Gasteiger partial charge in [-0.3, -0.25) is 0 Å². The van der Waals surface area contributed by atoms with E-state index in [4.69, 9.17) is 25.8 Å². The summed E-state index contributed by atoms with van der Waals surface area (Å²) < 4.78 is 17.1. The van der Waals surface area contributed by atoms with Crippen molar-refractivity contribution < 1.29 is 24.4 Å². The van der Waals surface area contributed by atoms with Crippen LogP contribution in [-0.2, 0) is 15.1 Å². The number of benzene rings is 1. The summed E-state index contributed by atoms with van der Waals surface area (Å²) in [6.45, 7) is 0.563. The molecule has 162 valence electrons. The lowest BCUT2D eigenvalue weighted by Gasteiger charge is -2.37. The average Bonchev–Trinajstić information content (AvgIpc) is 3.43. The van der Waals surface area contributed by atoms with Gasteiger partial charge in [0.15, 0.2) is 11.8 Å². The average molecular weight is 444 g/mol. The van der Waals surface area contributed by atoms with E-state index in [9.17, 15) is 10.2 Å². The van der Waals surface area contributed by atoms with Crippen LogP contribution in [0.25, 0.3) is 22.4 Å². The third-order valence-electron chi connectivity index (χ3n) is 6.53. The number of H-pyrrole nitrogens is 1. The number of rotatable bonds is 4. The summed E-state index contributed by atoms with van der Waals surface area (Å²) in [5.74, 6) is 0. The fraction of sp³-hybridized carbons (Fsp3) is 0.455. The summed E-state index contributed by atoms with van der Waals surface area (Å²) in [6.07, 6.45) is 0.966. The van der Waals surface area contributed by atoms with Crippen molar-refractivity contribution in [1.29, 1.82) is 0 Å². The van der Waals surface area contributed by atoms with E-state index in [0.29, 0.717) is 34.5 Å². The monoisotopic (exact) mass is 443 g/mol. The number of fused-ring (bicyclic) bond motifs is 2. The van der Waals surface area contributed by atoms with Crippen LogP contribution >= 0.6 is 11.6 Å². The van der Waals surface area contributed by atoms with Gasteiger partial charge in [0.05, 0.1) is 35.0 Å². The van der Waals surface area contributed by atoms with E-state index in [2.05, 4.69) is 15.0 Å². The van der Waals surface area contributed by atoms with E-state index < -0.39 is 11.7 Å². The first-order chi connectivity index (χ1) is 15.0. The van der Waals surface area contributed by atoms with Gasteiger partial charge in [-0.25, -0.2) is 4.98 Å². The number of hydrogen-bond acceptors (Lipinski definition) is 7. The van der Waals surface area contributed by atoms with Crippen LogP contribution in [0.15, 0.2) is 30.3 Å². The third kappa shape index (κ3) is 3.21. The van der Waals surface area contributed by atoms with E-state index in [1.165, 1.54) is 0 Å². The van der Waals surface area contributed by atoms with Crippen molar-refractivity contribution in [2.45, 2.75) is 49.3 Å². The zero-order valence-corrected chi connectivity index (χ0v) is 17.4. The van der Waals surface area contributed by atoms with Crippen molar-refractivity contribution in [2.75, 3.05) is 13.2 Å². The number of aliphatic hydroxyl groups excluding tert-OH is 1. The Kier molecular flexibility index (Phi) is 4.49. The summed E-state index contributed by atoms with van der Waals surface area (Å²) in [7, 11) is 0. The number of imidazole rings is 1. The molecule has 0 unspecified atom stereocenters. The van der Waals surface area contributed by atoms with E-state index in [0.717, 1.165) is 30.4 Å². The molecule has 3 fully saturated rings. The van der Waals surface area contributed by atoms with Gasteiger partial charge in [0.25, 0.3) is 6.01 Å². The van der Waals surface area contributed by atoms with Gasteiger partial charge >= 0.3 is 0 Å². The minimum atomic E-state index is -0.698. The smallest absolute Gasteiger partial charge is 0.296 e. The van der Waals surface area contributed by atoms with Crippen LogP contribution in [0, 0.1) is 0 Å². The van der Waals surface area contributed by atoms with Crippen LogP contribution in [0.4, 0.5) is 0 Å². The zero-order chi connectivity index (χ0) is 21.2. The van der Waals surface area contributed by atoms with Gasteiger partial charge in [-0.1, -0.05) is 35.9 Å². The minimum Gasteiger partial charge on any atom is -0.456 e. The lowest BCUT2D eigenvalue weighted by atomic mass is 9.75. The molecule has 6 rings (SSSR count). The number of nitrogens with one attached hydrogen (secondary N) is 1. The number of aromatic nitrogens is 3. The summed E-state index contributed by atoms with van der Waals surface area (Å²) in [5, 5.41) is 20.9. The van der Waals surface area contributed by atoms with Crippen molar-refractivity contribution in [3.8, 4) is 17.3 Å². The van der Waals surface area contributed by atoms with Gasteiger partial charge in [-0.05, 0) is 30.9 Å². The molecule has 0 spiro atoms. The third-order valence-corrected chi connectivity index (χ3v) is 6.81. The van der Waals surface area contributed by atoms with E-state index in [1.54, 1.807) is 6.07 Å². The van der Waals surface area contributed by atoms with Crippen LogP contribution in [0.5, 0.6) is 6.01 Å². The first kappa shape index (κ1) is 19.5. The number of halogens is 1. The van der Waals surface area contributed by atoms with Crippen LogP contribution in [0.2, 0.25) is 5.02 Å². The highest BCUT2D eigenvalue weighted by atomic mass is 35.5. The van der Waals surface area contributed by atoms with Crippen LogP contribution in [0.1, 0.15) is 24.8 Å². The molecule has 0 bridgehead atoms. The molecule has 0 amide bonds. The molecule has 9 heteroatoms. The molecule has 31 heavy (non-hydrogen) atoms. The molecule has 3 aromatic rings. The SMILES string of the molecule is O[C@H]1CO[C@@H]2[C@H]1OC[C@@H]2Oc1nc2nc(-c3ccc(C4(O)CCC4)cc3)c(Cl)cc2[nH]1. The highest BCUT2D eigenvalue weighted by Crippen LogP contribution is 2.41. The molecule has 1 aliphatic carbocycles. The van der Waals surface area contributed by atoms with Crippen molar-refractivity contribution >= 4 is 22.8 Å². The number of ether oxygens (including phenoxy) is 3. The first-order valence-corrected chi connectivity index (χ1v) is 10.9. The lowest BCUT2D eigenvalue weighted by Crippen LogP contribution is -2.34. The van der Waals surface area contributed by atoms with Crippen molar-refractivity contribution in [3.05, 3.63) is 40.9 Å². The van der Waals surface area contributed by atoms with Crippen molar-refractivity contribution in [2.24, 2.45) is 0 Å². The molecular weight excluding hydrogens is 422 g/mol. The summed E-state index contributed by atoms with van der Waals surface area (Å²) in [5.41, 5.74) is 2.84. The molecule has 2 saturated heterocycles. The van der Waals surface area contributed by atoms with Crippen molar-refractivity contribution in [3.63, 3.8) is 0 Å². The summed E-state index contributed by atoms with van der Waals surface area (Å²) in [6, 6.07) is 9.79. The van der Waals surface area contributed by atoms with E-state index in [1.807, 2.05) is 24.3 Å². The summed E-state index contributed by atoms with van der Waals surface area (Å²) in [4.78, 5) is 12.2. The topological polar surface area (TPSA) is 110 Å². The van der Waals surface area contributed by atoms with Gasteiger partial charge in [-0.15, -0.1) is 0 Å². The highest BCUT2D eigenvalue weighted by molar-refractivity contribution is 6.33. The highest BCUT2D eigenvalue weighted by Gasteiger charge is 2.48. The van der Waals surface area contributed by atoms with Gasteiger partial charge < -0.3 is 29.4 Å². The minimum absolute atomic E-state index is 0.242. The van der Waals surface area contributed by atoms with Crippen LogP contribution in [0.3, 0.4) is 0 Å². The predicted octanol–water partition coefficient (Wildman–Crippen LogP) is 2.56. The molecular formula is C22H22ClN3O5. The maximum Gasteiger partial charge on any atom is 0.296 e. The second-order valence-electron chi connectivity index (χ2n) is 8.51. The fourth-order valence-electron chi connectivity index (χ4n) is 4.58. The predicted molar refractivity (Wildman–Crippen MR) is 112 cm³/mol. The molecule has 2 aromatic heterocycles. The molecule has 3 aliphatic rings. The Labute approximate surface area is 183 Å². The number of pyridine rings is 1. The normalized spacial score (nSPS) is 29.1. The number of aromatic amines is 1. The van der Waals surface area contributed by atoms with Gasteiger partial charge in [-0.2, -0.15) is 4.98 Å². The standard InChI is InChI=1S/C22H22ClN3O5/c23-13-8-14-20(25-17(13)11-2-4-12(5-3-11)22(28)6-1-7-22)26-21(24-14)31-16-10-30-18-15(27)9-29-19(16)18/h2-5,8,15-16,18-19,27-28H,1,6-7,9-10H2,(H,24,25,26)/t15-,16-,18-,19-/m0/s1. The molecule has 8 nitrogen and oxygen atoms in total. The largest absolute Gasteiger partial charge is 0.456 e. The first-order valence-electron chi connectivity index (χ1n) is 10.5. The number of hydrogen-bond donors (Lipinski definition) is 3. The van der Waals surface area contributed by atoms with Crippen LogP contribution < -0.4 is 4.74 Å². The maximum atomic E-state index is 10.5. The number of aliphatic hydroxyl groups is 2. The zero-order valence-electron chi connectivity index (χ0n) is 16.6. The van der Waals surface area contributed by atoms with Gasteiger partial charge in [0, 0.05) is 5.56 Å². The molecule has 4 atom stereocenters.